The van der Waals surface area contributed by atoms with Crippen molar-refractivity contribution in [3.63, 3.8) is 0 Å². The molecule has 0 atom stereocenters. The second kappa shape index (κ2) is 3.14. The predicted molar refractivity (Wildman–Crippen MR) is 52.1 cm³/mol. The van der Waals surface area contributed by atoms with E-state index < -0.39 is 0 Å². The number of hydrogen-bond acceptors (Lipinski definition) is 3. The van der Waals surface area contributed by atoms with Gasteiger partial charge in [-0.25, -0.2) is 4.98 Å². The Morgan fingerprint density at radius 3 is 2.36 bits per heavy atom. The fraction of sp³-hybridized carbons (Fsp3) is 0.200. The van der Waals surface area contributed by atoms with Crippen molar-refractivity contribution in [1.29, 1.82) is 0 Å². The zero-order valence-electron chi connectivity index (χ0n) is 8.10. The molecule has 0 saturated carbocycles. The smallest absolute Gasteiger partial charge is 0.175 e. The molecule has 0 unspecified atom stereocenters. The van der Waals surface area contributed by atoms with Crippen molar-refractivity contribution in [2.45, 2.75) is 13.8 Å². The van der Waals surface area contributed by atoms with Gasteiger partial charge in [0.05, 0.1) is 11.4 Å². The Balaban J connectivity index is 2.58. The van der Waals surface area contributed by atoms with Crippen molar-refractivity contribution in [1.82, 2.24) is 14.7 Å². The van der Waals surface area contributed by atoms with Crippen LogP contribution in [-0.4, -0.2) is 19.9 Å². The standard InChI is InChI=1S/C10H11N3O/c1-7-8(2)13(14)10(12-7)9-3-5-11-6-4-9/h3-6,14H,1-2H3. The van der Waals surface area contributed by atoms with Crippen molar-refractivity contribution < 1.29 is 5.21 Å². The number of pyridine rings is 1. The Morgan fingerprint density at radius 2 is 1.86 bits per heavy atom. The Hall–Kier alpha value is -1.84. The molecule has 0 fully saturated rings. The molecule has 2 heterocycles. The van der Waals surface area contributed by atoms with Crippen molar-refractivity contribution in [2.75, 3.05) is 0 Å². The van der Waals surface area contributed by atoms with Crippen LogP contribution in [0.1, 0.15) is 11.4 Å². The first-order chi connectivity index (χ1) is 6.70. The summed E-state index contributed by atoms with van der Waals surface area (Å²) in [5.41, 5.74) is 2.45. The minimum atomic E-state index is 0.558. The van der Waals surface area contributed by atoms with Gasteiger partial charge in [-0.05, 0) is 26.0 Å². The van der Waals surface area contributed by atoms with Crippen LogP contribution in [0.15, 0.2) is 24.5 Å². The molecule has 0 aliphatic rings. The summed E-state index contributed by atoms with van der Waals surface area (Å²) < 4.78 is 1.10. The molecule has 0 aromatic carbocycles. The van der Waals surface area contributed by atoms with Gasteiger partial charge in [0.15, 0.2) is 5.82 Å². The van der Waals surface area contributed by atoms with Crippen LogP contribution in [0.2, 0.25) is 0 Å². The quantitative estimate of drug-likeness (QED) is 0.696. The van der Waals surface area contributed by atoms with Crippen molar-refractivity contribution in [3.8, 4) is 11.4 Å². The van der Waals surface area contributed by atoms with Gasteiger partial charge in [0.2, 0.25) is 0 Å². The van der Waals surface area contributed by atoms with Crippen LogP contribution in [-0.2, 0) is 0 Å². The second-order valence-corrected chi connectivity index (χ2v) is 3.15. The first kappa shape index (κ1) is 8.74. The number of nitrogens with zero attached hydrogens (tertiary/aromatic N) is 3. The Labute approximate surface area is 81.8 Å². The summed E-state index contributed by atoms with van der Waals surface area (Å²) in [6, 6.07) is 3.63. The van der Waals surface area contributed by atoms with E-state index in [9.17, 15) is 5.21 Å². The summed E-state index contributed by atoms with van der Waals surface area (Å²) in [6.07, 6.45) is 3.35. The largest absolute Gasteiger partial charge is 0.427 e. The zero-order valence-corrected chi connectivity index (χ0v) is 8.10. The van der Waals surface area contributed by atoms with Crippen LogP contribution >= 0.6 is 0 Å². The number of hydrogen-bond donors (Lipinski definition) is 1. The van der Waals surface area contributed by atoms with Gasteiger partial charge in [-0.15, -0.1) is 0 Å². The highest BCUT2D eigenvalue weighted by atomic mass is 16.5. The van der Waals surface area contributed by atoms with Gasteiger partial charge >= 0.3 is 0 Å². The fourth-order valence-corrected chi connectivity index (χ4v) is 1.29. The fourth-order valence-electron chi connectivity index (χ4n) is 1.29. The highest BCUT2D eigenvalue weighted by Crippen LogP contribution is 2.19. The highest BCUT2D eigenvalue weighted by Gasteiger charge is 2.10. The summed E-state index contributed by atoms with van der Waals surface area (Å²) >= 11 is 0. The lowest BCUT2D eigenvalue weighted by Gasteiger charge is -2.00. The zero-order chi connectivity index (χ0) is 10.1. The van der Waals surface area contributed by atoms with Crippen LogP contribution in [0, 0.1) is 13.8 Å². The molecule has 2 aromatic heterocycles. The van der Waals surface area contributed by atoms with Gasteiger partial charge in [0.25, 0.3) is 0 Å². The minimum Gasteiger partial charge on any atom is -0.427 e. The van der Waals surface area contributed by atoms with Gasteiger partial charge in [-0.3, -0.25) is 4.98 Å². The van der Waals surface area contributed by atoms with Crippen molar-refractivity contribution in [2.24, 2.45) is 0 Å². The van der Waals surface area contributed by atoms with E-state index in [1.165, 1.54) is 0 Å². The average molecular weight is 189 g/mol. The SMILES string of the molecule is Cc1nc(-c2ccncc2)n(O)c1C. The number of rotatable bonds is 1. The molecule has 0 aliphatic heterocycles. The molecule has 72 valence electrons. The summed E-state index contributed by atoms with van der Waals surface area (Å²) in [5, 5.41) is 9.71. The second-order valence-electron chi connectivity index (χ2n) is 3.15. The third kappa shape index (κ3) is 1.25. The van der Waals surface area contributed by atoms with E-state index in [4.69, 9.17) is 0 Å². The van der Waals surface area contributed by atoms with Gasteiger partial charge in [0, 0.05) is 18.0 Å². The van der Waals surface area contributed by atoms with Gasteiger partial charge < -0.3 is 5.21 Å². The Kier molecular flexibility index (Phi) is 1.96. The maximum Gasteiger partial charge on any atom is 0.175 e. The first-order valence-electron chi connectivity index (χ1n) is 4.35. The lowest BCUT2D eigenvalue weighted by atomic mass is 10.2. The summed E-state index contributed by atoms with van der Waals surface area (Å²) in [7, 11) is 0. The Bertz CT molecular complexity index is 448. The van der Waals surface area contributed by atoms with Crippen LogP contribution < -0.4 is 0 Å². The van der Waals surface area contributed by atoms with E-state index in [0.29, 0.717) is 5.82 Å². The van der Waals surface area contributed by atoms with Crippen LogP contribution in [0.25, 0.3) is 11.4 Å². The maximum absolute atomic E-state index is 9.71. The van der Waals surface area contributed by atoms with Crippen LogP contribution in [0.5, 0.6) is 0 Å². The molecule has 1 N–H and O–H groups in total. The maximum atomic E-state index is 9.71. The molecule has 0 aliphatic carbocycles. The molecule has 0 spiro atoms. The topological polar surface area (TPSA) is 50.9 Å². The van der Waals surface area contributed by atoms with Crippen molar-refractivity contribution >= 4 is 0 Å². The molecular formula is C10H11N3O. The molecule has 4 heteroatoms. The van der Waals surface area contributed by atoms with E-state index in [-0.39, 0.29) is 0 Å². The van der Waals surface area contributed by atoms with E-state index >= 15 is 0 Å². The summed E-state index contributed by atoms with van der Waals surface area (Å²) in [4.78, 5) is 8.18. The van der Waals surface area contributed by atoms with E-state index in [1.807, 2.05) is 26.0 Å². The van der Waals surface area contributed by atoms with Crippen molar-refractivity contribution in [3.05, 3.63) is 35.9 Å². The molecule has 2 rings (SSSR count). The van der Waals surface area contributed by atoms with Gasteiger partial charge in [-0.2, -0.15) is 4.73 Å². The molecule has 4 nitrogen and oxygen atoms in total. The minimum absolute atomic E-state index is 0.558. The molecular weight excluding hydrogens is 178 g/mol. The number of aromatic nitrogens is 3. The number of imidazole rings is 1. The highest BCUT2D eigenvalue weighted by molar-refractivity contribution is 5.55. The van der Waals surface area contributed by atoms with E-state index in [0.717, 1.165) is 21.7 Å². The normalized spacial score (nSPS) is 10.4. The average Bonchev–Trinajstić information content (AvgIpc) is 2.47. The molecule has 2 aromatic rings. The lowest BCUT2D eigenvalue weighted by Crippen LogP contribution is -1.96. The molecule has 0 saturated heterocycles. The monoisotopic (exact) mass is 189 g/mol. The number of aryl methyl sites for hydroxylation is 1. The van der Waals surface area contributed by atoms with Gasteiger partial charge in [0.1, 0.15) is 0 Å². The Morgan fingerprint density at radius 1 is 1.21 bits per heavy atom. The third-order valence-corrected chi connectivity index (χ3v) is 2.25. The first-order valence-corrected chi connectivity index (χ1v) is 4.35. The van der Waals surface area contributed by atoms with Gasteiger partial charge in [-0.1, -0.05) is 0 Å². The lowest BCUT2D eigenvalue weighted by molar-refractivity contribution is 0.184. The predicted octanol–water partition coefficient (Wildman–Crippen LogP) is 1.80. The van der Waals surface area contributed by atoms with E-state index in [2.05, 4.69) is 9.97 Å². The van der Waals surface area contributed by atoms with E-state index in [1.54, 1.807) is 12.4 Å². The van der Waals surface area contributed by atoms with Crippen LogP contribution in [0.4, 0.5) is 0 Å². The third-order valence-electron chi connectivity index (χ3n) is 2.25. The van der Waals surface area contributed by atoms with Crippen LogP contribution in [0.3, 0.4) is 0 Å². The summed E-state index contributed by atoms with van der Waals surface area (Å²) in [6.45, 7) is 3.69. The molecule has 0 radical (unpaired) electrons. The molecule has 14 heavy (non-hydrogen) atoms. The summed E-state index contributed by atoms with van der Waals surface area (Å²) in [5.74, 6) is 0.558. The molecule has 0 bridgehead atoms. The molecule has 0 amide bonds.